The smallest absolute Gasteiger partial charge is 0.281 e. The monoisotopic (exact) mass is 433 g/mol. The summed E-state index contributed by atoms with van der Waals surface area (Å²) in [5, 5.41) is 2.64. The first-order valence-corrected chi connectivity index (χ1v) is 10.2. The molecule has 1 amide bonds. The Morgan fingerprint density at radius 1 is 1.41 bits per heavy atom. The summed E-state index contributed by atoms with van der Waals surface area (Å²) in [6.07, 6.45) is 3.72. The quantitative estimate of drug-likeness (QED) is 0.569. The molecule has 1 aromatic carbocycles. The largest absolute Gasteiger partial charge is 0.493 e. The molecule has 3 aromatic rings. The Morgan fingerprint density at radius 2 is 2.21 bits per heavy atom. The highest BCUT2D eigenvalue weighted by Gasteiger charge is 2.12. The van der Waals surface area contributed by atoms with Crippen LogP contribution >= 0.6 is 22.9 Å². The van der Waals surface area contributed by atoms with Crippen LogP contribution in [-0.4, -0.2) is 29.3 Å². The molecule has 0 fully saturated rings. The van der Waals surface area contributed by atoms with E-state index in [1.54, 1.807) is 36.6 Å². The van der Waals surface area contributed by atoms with Crippen molar-refractivity contribution in [2.45, 2.75) is 20.3 Å². The molecule has 0 aliphatic rings. The lowest BCUT2D eigenvalue weighted by atomic mass is 10.2. The van der Waals surface area contributed by atoms with Gasteiger partial charge in [-0.2, -0.15) is 0 Å². The summed E-state index contributed by atoms with van der Waals surface area (Å²) >= 11 is 7.66. The van der Waals surface area contributed by atoms with Gasteiger partial charge < -0.3 is 9.47 Å². The average Bonchev–Trinajstić information content (AvgIpc) is 3.16. The van der Waals surface area contributed by atoms with Crippen LogP contribution in [0.2, 0.25) is 5.02 Å². The van der Waals surface area contributed by atoms with Gasteiger partial charge in [0.2, 0.25) is 0 Å². The fourth-order valence-electron chi connectivity index (χ4n) is 2.65. The van der Waals surface area contributed by atoms with Gasteiger partial charge in [0.1, 0.15) is 10.7 Å². The summed E-state index contributed by atoms with van der Waals surface area (Å²) in [5.41, 5.74) is 2.88. The second kappa shape index (κ2) is 9.11. The highest BCUT2D eigenvalue weighted by molar-refractivity contribution is 7.16. The van der Waals surface area contributed by atoms with Gasteiger partial charge in [-0.3, -0.25) is 15.0 Å². The third-order valence-electron chi connectivity index (χ3n) is 4.02. The zero-order valence-electron chi connectivity index (χ0n) is 16.2. The molecule has 0 bridgehead atoms. The van der Waals surface area contributed by atoms with Gasteiger partial charge in [-0.1, -0.05) is 18.5 Å². The number of ether oxygens (including phenoxy) is 2. The standard InChI is InChI=1S/C20H20ClN3O4S/c1-4-8-28-18-15(21)10-13(11-16(18)27-3)5-6-17(25)23-24-12(2)22-19-14(20(24)26)7-9-29-19/h5-7,9-11H,4,8H2,1-3H3,(H,23,25)/b6-5+. The fourth-order valence-corrected chi connectivity index (χ4v) is 3.72. The molecule has 0 saturated heterocycles. The number of thiophene rings is 1. The van der Waals surface area contributed by atoms with Crippen LogP contribution in [0.1, 0.15) is 24.7 Å². The molecule has 0 radical (unpaired) electrons. The van der Waals surface area contributed by atoms with Crippen LogP contribution in [0.25, 0.3) is 16.3 Å². The van der Waals surface area contributed by atoms with E-state index < -0.39 is 5.91 Å². The van der Waals surface area contributed by atoms with Gasteiger partial charge in [-0.05, 0) is 48.6 Å². The zero-order valence-corrected chi connectivity index (χ0v) is 17.8. The Kier molecular flexibility index (Phi) is 6.56. The number of aryl methyl sites for hydroxylation is 1. The first kappa shape index (κ1) is 20.9. The van der Waals surface area contributed by atoms with Gasteiger partial charge in [-0.15, -0.1) is 11.3 Å². The van der Waals surface area contributed by atoms with Gasteiger partial charge in [0.05, 0.1) is 24.1 Å². The lowest BCUT2D eigenvalue weighted by Crippen LogP contribution is -2.34. The normalized spacial score (nSPS) is 11.2. The van der Waals surface area contributed by atoms with Crippen molar-refractivity contribution in [2.75, 3.05) is 19.1 Å². The number of nitrogens with zero attached hydrogens (tertiary/aromatic N) is 2. The summed E-state index contributed by atoms with van der Waals surface area (Å²) in [4.78, 5) is 29.8. The maximum Gasteiger partial charge on any atom is 0.281 e. The number of nitrogens with one attached hydrogen (secondary N) is 1. The molecule has 0 unspecified atom stereocenters. The number of halogens is 1. The van der Waals surface area contributed by atoms with Crippen LogP contribution in [0.3, 0.4) is 0 Å². The number of carbonyl (C=O) groups excluding carboxylic acids is 1. The van der Waals surface area contributed by atoms with Gasteiger partial charge >= 0.3 is 0 Å². The van der Waals surface area contributed by atoms with Gasteiger partial charge in [-0.25, -0.2) is 9.66 Å². The molecule has 2 heterocycles. The van der Waals surface area contributed by atoms with E-state index in [2.05, 4.69) is 10.4 Å². The van der Waals surface area contributed by atoms with E-state index in [1.807, 2.05) is 6.92 Å². The number of carbonyl (C=O) groups is 1. The van der Waals surface area contributed by atoms with Crippen molar-refractivity contribution in [3.8, 4) is 11.5 Å². The van der Waals surface area contributed by atoms with Crippen molar-refractivity contribution in [1.82, 2.24) is 9.66 Å². The van der Waals surface area contributed by atoms with E-state index in [9.17, 15) is 9.59 Å². The van der Waals surface area contributed by atoms with Gasteiger partial charge in [0, 0.05) is 6.08 Å². The molecule has 0 aliphatic heterocycles. The van der Waals surface area contributed by atoms with Crippen molar-refractivity contribution in [3.05, 3.63) is 56.4 Å². The Balaban J connectivity index is 1.81. The number of amides is 1. The fraction of sp³-hybridized carbons (Fsp3) is 0.250. The molecule has 9 heteroatoms. The van der Waals surface area contributed by atoms with E-state index >= 15 is 0 Å². The Labute approximate surface area is 176 Å². The number of hydrogen-bond acceptors (Lipinski definition) is 6. The molecule has 152 valence electrons. The Morgan fingerprint density at radius 3 is 2.93 bits per heavy atom. The average molecular weight is 434 g/mol. The highest BCUT2D eigenvalue weighted by atomic mass is 35.5. The second-order valence-electron chi connectivity index (χ2n) is 6.13. The summed E-state index contributed by atoms with van der Waals surface area (Å²) in [5.74, 6) is 0.863. The lowest BCUT2D eigenvalue weighted by molar-refractivity contribution is -0.112. The third kappa shape index (κ3) is 4.60. The molecular formula is C20H20ClN3O4S. The first-order valence-electron chi connectivity index (χ1n) is 8.90. The minimum Gasteiger partial charge on any atom is -0.493 e. The van der Waals surface area contributed by atoms with Crippen molar-refractivity contribution in [1.29, 1.82) is 0 Å². The molecule has 0 saturated carbocycles. The molecule has 0 atom stereocenters. The SMILES string of the molecule is CCCOc1c(Cl)cc(/C=C/C(=O)Nn2c(C)nc3sccc3c2=O)cc1OC. The lowest BCUT2D eigenvalue weighted by Gasteiger charge is -2.12. The van der Waals surface area contributed by atoms with Crippen LogP contribution < -0.4 is 20.5 Å². The molecule has 0 spiro atoms. The van der Waals surface area contributed by atoms with Crippen LogP contribution in [-0.2, 0) is 4.79 Å². The molecule has 29 heavy (non-hydrogen) atoms. The van der Waals surface area contributed by atoms with E-state index in [4.69, 9.17) is 21.1 Å². The van der Waals surface area contributed by atoms with E-state index in [1.165, 1.54) is 24.5 Å². The number of hydrogen-bond donors (Lipinski definition) is 1. The van der Waals surface area contributed by atoms with Crippen molar-refractivity contribution >= 4 is 45.1 Å². The third-order valence-corrected chi connectivity index (χ3v) is 5.10. The Bertz CT molecular complexity index is 1140. The molecule has 0 aliphatic carbocycles. The summed E-state index contributed by atoms with van der Waals surface area (Å²) in [6.45, 7) is 4.17. The van der Waals surface area contributed by atoms with Crippen molar-refractivity contribution in [2.24, 2.45) is 0 Å². The highest BCUT2D eigenvalue weighted by Crippen LogP contribution is 2.36. The van der Waals surface area contributed by atoms with Crippen molar-refractivity contribution in [3.63, 3.8) is 0 Å². The molecule has 7 nitrogen and oxygen atoms in total. The minimum absolute atomic E-state index is 0.322. The van der Waals surface area contributed by atoms with Crippen molar-refractivity contribution < 1.29 is 14.3 Å². The van der Waals surface area contributed by atoms with Crippen LogP contribution in [0.15, 0.2) is 34.4 Å². The number of methoxy groups -OCH3 is 1. The number of rotatable bonds is 7. The van der Waals surface area contributed by atoms with E-state index in [-0.39, 0.29) is 5.56 Å². The topological polar surface area (TPSA) is 82.5 Å². The zero-order chi connectivity index (χ0) is 21.0. The predicted molar refractivity (Wildman–Crippen MR) is 116 cm³/mol. The second-order valence-corrected chi connectivity index (χ2v) is 7.43. The van der Waals surface area contributed by atoms with E-state index in [0.717, 1.165) is 11.1 Å². The first-order chi connectivity index (χ1) is 13.9. The molecule has 2 aromatic heterocycles. The molecule has 1 N–H and O–H groups in total. The maximum absolute atomic E-state index is 12.5. The predicted octanol–water partition coefficient (Wildman–Crippen LogP) is 4.00. The van der Waals surface area contributed by atoms with Crippen LogP contribution in [0.4, 0.5) is 0 Å². The summed E-state index contributed by atoms with van der Waals surface area (Å²) in [6, 6.07) is 5.08. The minimum atomic E-state index is -0.479. The van der Waals surface area contributed by atoms with Gasteiger partial charge in [0.15, 0.2) is 11.5 Å². The number of fused-ring (bicyclic) bond motifs is 1. The number of benzene rings is 1. The summed E-state index contributed by atoms with van der Waals surface area (Å²) in [7, 11) is 1.52. The number of aromatic nitrogens is 2. The molecular weight excluding hydrogens is 414 g/mol. The van der Waals surface area contributed by atoms with Crippen LogP contribution in [0.5, 0.6) is 11.5 Å². The molecule has 3 rings (SSSR count). The van der Waals surface area contributed by atoms with Gasteiger partial charge in [0.25, 0.3) is 11.5 Å². The van der Waals surface area contributed by atoms with Crippen LogP contribution in [0, 0.1) is 6.92 Å². The Hall–Kier alpha value is -2.84. The van der Waals surface area contributed by atoms with E-state index in [0.29, 0.717) is 44.7 Å². The maximum atomic E-state index is 12.5. The summed E-state index contributed by atoms with van der Waals surface area (Å²) < 4.78 is 12.1.